The summed E-state index contributed by atoms with van der Waals surface area (Å²) in [7, 11) is 1.64. The first-order chi connectivity index (χ1) is 10.5. The van der Waals surface area contributed by atoms with Gasteiger partial charge in [0.1, 0.15) is 11.5 Å². The quantitative estimate of drug-likeness (QED) is 0.642. The van der Waals surface area contributed by atoms with Crippen molar-refractivity contribution < 1.29 is 14.3 Å². The van der Waals surface area contributed by atoms with Crippen LogP contribution in [0.3, 0.4) is 0 Å². The van der Waals surface area contributed by atoms with Crippen molar-refractivity contribution in [2.24, 2.45) is 11.8 Å². The Labute approximate surface area is 133 Å². The molecule has 0 aromatic heterocycles. The second-order valence-electron chi connectivity index (χ2n) is 5.50. The molecule has 3 nitrogen and oxygen atoms in total. The fourth-order valence-electron chi connectivity index (χ4n) is 2.26. The standard InChI is InChI=1S/C19H26O3/c1-6-7-8-14(2)19(15(3)16(4)20)22-13-17-9-11-18(21-5)12-10-17/h6-12,14-15,19H,1,13H2,2-5H3/b8-7-/t14-,15-,19-/m0/s1. The number of methoxy groups -OCH3 is 1. The van der Waals surface area contributed by atoms with E-state index in [0.29, 0.717) is 6.61 Å². The third-order valence-corrected chi connectivity index (χ3v) is 3.80. The van der Waals surface area contributed by atoms with Crippen molar-refractivity contribution in [1.29, 1.82) is 0 Å². The first kappa shape index (κ1) is 18.2. The Hall–Kier alpha value is -1.87. The number of hydrogen-bond donors (Lipinski definition) is 0. The topological polar surface area (TPSA) is 35.5 Å². The molecule has 0 aliphatic heterocycles. The predicted octanol–water partition coefficient (Wildman–Crippen LogP) is 4.18. The molecule has 1 aromatic rings. The van der Waals surface area contributed by atoms with Gasteiger partial charge in [-0.3, -0.25) is 4.79 Å². The van der Waals surface area contributed by atoms with Crippen molar-refractivity contribution in [3.05, 3.63) is 54.6 Å². The molecule has 3 atom stereocenters. The molecule has 0 bridgehead atoms. The van der Waals surface area contributed by atoms with Crippen LogP contribution in [-0.2, 0) is 16.1 Å². The summed E-state index contributed by atoms with van der Waals surface area (Å²) in [4.78, 5) is 11.7. The molecule has 0 spiro atoms. The van der Waals surface area contributed by atoms with E-state index >= 15 is 0 Å². The van der Waals surface area contributed by atoms with Crippen LogP contribution in [-0.4, -0.2) is 19.0 Å². The molecule has 0 fully saturated rings. The van der Waals surface area contributed by atoms with Crippen LogP contribution in [0.15, 0.2) is 49.1 Å². The highest BCUT2D eigenvalue weighted by Crippen LogP contribution is 2.22. The number of benzene rings is 1. The molecular formula is C19H26O3. The zero-order valence-electron chi connectivity index (χ0n) is 13.9. The Kier molecular flexibility index (Phi) is 7.61. The van der Waals surface area contributed by atoms with E-state index in [1.54, 1.807) is 20.1 Å². The van der Waals surface area contributed by atoms with Crippen LogP contribution in [0.25, 0.3) is 0 Å². The van der Waals surface area contributed by atoms with Gasteiger partial charge in [-0.15, -0.1) is 0 Å². The van der Waals surface area contributed by atoms with E-state index in [1.165, 1.54) is 0 Å². The smallest absolute Gasteiger partial charge is 0.135 e. The van der Waals surface area contributed by atoms with Gasteiger partial charge in [-0.1, -0.05) is 50.8 Å². The van der Waals surface area contributed by atoms with Gasteiger partial charge in [-0.2, -0.15) is 0 Å². The Morgan fingerprint density at radius 3 is 2.41 bits per heavy atom. The van der Waals surface area contributed by atoms with Crippen molar-refractivity contribution in [3.63, 3.8) is 0 Å². The molecule has 0 amide bonds. The van der Waals surface area contributed by atoms with Crippen LogP contribution >= 0.6 is 0 Å². The molecule has 120 valence electrons. The lowest BCUT2D eigenvalue weighted by atomic mass is 9.90. The van der Waals surface area contributed by atoms with Crippen LogP contribution in [0.5, 0.6) is 5.75 Å². The Morgan fingerprint density at radius 1 is 1.27 bits per heavy atom. The summed E-state index contributed by atoms with van der Waals surface area (Å²) in [6.07, 6.45) is 5.48. The lowest BCUT2D eigenvalue weighted by Gasteiger charge is -2.26. The van der Waals surface area contributed by atoms with Crippen LogP contribution in [0, 0.1) is 11.8 Å². The number of rotatable bonds is 9. The van der Waals surface area contributed by atoms with E-state index in [1.807, 2.05) is 43.3 Å². The average molecular weight is 302 g/mol. The summed E-state index contributed by atoms with van der Waals surface area (Å²) in [5, 5.41) is 0. The van der Waals surface area contributed by atoms with Crippen molar-refractivity contribution in [2.45, 2.75) is 33.5 Å². The van der Waals surface area contributed by atoms with Gasteiger partial charge in [0.05, 0.1) is 19.8 Å². The minimum atomic E-state index is -0.157. The van der Waals surface area contributed by atoms with Gasteiger partial charge in [-0.05, 0) is 24.6 Å². The van der Waals surface area contributed by atoms with Gasteiger partial charge >= 0.3 is 0 Å². The molecule has 0 N–H and O–H groups in total. The van der Waals surface area contributed by atoms with E-state index in [0.717, 1.165) is 11.3 Å². The van der Waals surface area contributed by atoms with Crippen molar-refractivity contribution in [3.8, 4) is 5.75 Å². The molecule has 3 heteroatoms. The molecule has 0 radical (unpaired) electrons. The van der Waals surface area contributed by atoms with E-state index in [-0.39, 0.29) is 23.7 Å². The van der Waals surface area contributed by atoms with E-state index < -0.39 is 0 Å². The second-order valence-corrected chi connectivity index (χ2v) is 5.50. The molecule has 1 aromatic carbocycles. The Morgan fingerprint density at radius 2 is 1.91 bits per heavy atom. The molecule has 0 unspecified atom stereocenters. The van der Waals surface area contributed by atoms with E-state index in [2.05, 4.69) is 13.5 Å². The van der Waals surface area contributed by atoms with Gasteiger partial charge in [-0.25, -0.2) is 0 Å². The number of allylic oxidation sites excluding steroid dienone is 2. The first-order valence-electron chi connectivity index (χ1n) is 7.53. The van der Waals surface area contributed by atoms with E-state index in [4.69, 9.17) is 9.47 Å². The first-order valence-corrected chi connectivity index (χ1v) is 7.53. The number of carbonyl (C=O) groups is 1. The van der Waals surface area contributed by atoms with Gasteiger partial charge in [0.25, 0.3) is 0 Å². The third kappa shape index (κ3) is 5.49. The fraction of sp³-hybridized carbons (Fsp3) is 0.421. The summed E-state index contributed by atoms with van der Waals surface area (Å²) < 4.78 is 11.2. The number of Topliss-reactive ketones (excluding diaryl/α,β-unsaturated/α-hetero) is 1. The monoisotopic (exact) mass is 302 g/mol. The van der Waals surface area contributed by atoms with Crippen LogP contribution in [0.4, 0.5) is 0 Å². The lowest BCUT2D eigenvalue weighted by molar-refractivity contribution is -0.127. The molecule has 0 saturated carbocycles. The number of ether oxygens (including phenoxy) is 2. The molecular weight excluding hydrogens is 276 g/mol. The Balaban J connectivity index is 2.76. The molecule has 0 saturated heterocycles. The van der Waals surface area contributed by atoms with Crippen molar-refractivity contribution in [2.75, 3.05) is 7.11 Å². The van der Waals surface area contributed by atoms with Crippen molar-refractivity contribution in [1.82, 2.24) is 0 Å². The highest BCUT2D eigenvalue weighted by molar-refractivity contribution is 5.78. The van der Waals surface area contributed by atoms with Crippen LogP contribution < -0.4 is 4.74 Å². The fourth-order valence-corrected chi connectivity index (χ4v) is 2.26. The molecule has 1 rings (SSSR count). The molecule has 0 heterocycles. The highest BCUT2D eigenvalue weighted by atomic mass is 16.5. The van der Waals surface area contributed by atoms with Gasteiger partial charge in [0, 0.05) is 11.8 Å². The minimum absolute atomic E-state index is 0.134. The summed E-state index contributed by atoms with van der Waals surface area (Å²) in [5.41, 5.74) is 1.06. The SMILES string of the molecule is C=C/C=C\[C@H](C)[C@H](OCc1ccc(OC)cc1)[C@@H](C)C(C)=O. The largest absolute Gasteiger partial charge is 0.497 e. The maximum absolute atomic E-state index is 11.7. The summed E-state index contributed by atoms with van der Waals surface area (Å²) in [6.45, 7) is 9.73. The normalized spacial score (nSPS) is 15.3. The molecule has 0 aliphatic rings. The van der Waals surface area contributed by atoms with Gasteiger partial charge < -0.3 is 9.47 Å². The summed E-state index contributed by atoms with van der Waals surface area (Å²) in [6, 6.07) is 7.75. The maximum Gasteiger partial charge on any atom is 0.135 e. The lowest BCUT2D eigenvalue weighted by Crippen LogP contribution is -2.32. The van der Waals surface area contributed by atoms with Crippen LogP contribution in [0.2, 0.25) is 0 Å². The predicted molar refractivity (Wildman–Crippen MR) is 89.9 cm³/mol. The number of ketones is 1. The zero-order chi connectivity index (χ0) is 16.5. The van der Waals surface area contributed by atoms with Crippen molar-refractivity contribution >= 4 is 5.78 Å². The minimum Gasteiger partial charge on any atom is -0.497 e. The maximum atomic E-state index is 11.7. The Bertz CT molecular complexity index is 502. The van der Waals surface area contributed by atoms with Gasteiger partial charge in [0.15, 0.2) is 0 Å². The average Bonchev–Trinajstić information content (AvgIpc) is 2.53. The highest BCUT2D eigenvalue weighted by Gasteiger charge is 2.26. The van der Waals surface area contributed by atoms with E-state index in [9.17, 15) is 4.79 Å². The van der Waals surface area contributed by atoms with Crippen LogP contribution in [0.1, 0.15) is 26.3 Å². The molecule has 22 heavy (non-hydrogen) atoms. The summed E-state index contributed by atoms with van der Waals surface area (Å²) in [5.74, 6) is 0.941. The number of carbonyl (C=O) groups excluding carboxylic acids is 1. The zero-order valence-corrected chi connectivity index (χ0v) is 13.9. The summed E-state index contributed by atoms with van der Waals surface area (Å²) >= 11 is 0. The third-order valence-electron chi connectivity index (χ3n) is 3.80. The van der Waals surface area contributed by atoms with Gasteiger partial charge in [0.2, 0.25) is 0 Å². The second kappa shape index (κ2) is 9.21. The number of hydrogen-bond acceptors (Lipinski definition) is 3. The molecule has 0 aliphatic carbocycles.